The topological polar surface area (TPSA) is 44.0 Å². The van der Waals surface area contributed by atoms with E-state index in [9.17, 15) is 0 Å². The number of rotatable bonds is 5. The molecule has 1 saturated heterocycles. The van der Waals surface area contributed by atoms with Crippen LogP contribution in [0, 0.1) is 6.92 Å². The van der Waals surface area contributed by atoms with Crippen LogP contribution in [0.5, 0.6) is 0 Å². The number of pyridine rings is 1. The van der Waals surface area contributed by atoms with E-state index in [0.717, 1.165) is 18.6 Å². The van der Waals surface area contributed by atoms with Crippen LogP contribution in [0.1, 0.15) is 29.9 Å². The Labute approximate surface area is 178 Å². The summed E-state index contributed by atoms with van der Waals surface area (Å²) in [5.74, 6) is 0.664. The van der Waals surface area contributed by atoms with E-state index < -0.39 is 0 Å². The molecule has 1 aliphatic rings. The van der Waals surface area contributed by atoms with E-state index >= 15 is 0 Å². The molecule has 2 N–H and O–H groups in total. The van der Waals surface area contributed by atoms with Crippen molar-refractivity contribution in [3.63, 3.8) is 0 Å². The van der Waals surface area contributed by atoms with Crippen molar-refractivity contribution in [1.29, 1.82) is 0 Å². The van der Waals surface area contributed by atoms with Crippen LogP contribution in [0.2, 0.25) is 0 Å². The normalized spacial score (nSPS) is 15.9. The van der Waals surface area contributed by atoms with Crippen molar-refractivity contribution in [3.8, 4) is 11.3 Å². The first-order valence-electron chi connectivity index (χ1n) is 11.1. The maximum atomic E-state index is 4.66. The van der Waals surface area contributed by atoms with Gasteiger partial charge in [-0.1, -0.05) is 30.3 Å². The predicted octanol–water partition coefficient (Wildman–Crippen LogP) is 5.09. The average molecular weight is 399 g/mol. The lowest BCUT2D eigenvalue weighted by Crippen LogP contribution is -2.37. The highest BCUT2D eigenvalue weighted by Gasteiger charge is 2.21. The first kappa shape index (κ1) is 19.3. The molecule has 4 nitrogen and oxygen atoms in total. The maximum Gasteiger partial charge on any atom is 0.0795 e. The van der Waals surface area contributed by atoms with E-state index in [0.29, 0.717) is 5.92 Å². The number of piperidine rings is 1. The third-order valence-electron chi connectivity index (χ3n) is 6.72. The molecular formula is C26H30N4. The molecule has 4 aromatic rings. The van der Waals surface area contributed by atoms with Gasteiger partial charge in [-0.2, -0.15) is 0 Å². The third-order valence-corrected chi connectivity index (χ3v) is 6.72. The molecule has 2 aromatic heterocycles. The highest BCUT2D eigenvalue weighted by atomic mass is 15.1. The number of fused-ring (bicyclic) bond motifs is 2. The molecule has 5 rings (SSSR count). The molecule has 0 amide bonds. The van der Waals surface area contributed by atoms with Crippen LogP contribution in [0.15, 0.2) is 54.7 Å². The maximum absolute atomic E-state index is 4.66. The lowest BCUT2D eigenvalue weighted by Gasteiger charge is -2.32. The Morgan fingerprint density at radius 2 is 1.93 bits per heavy atom. The van der Waals surface area contributed by atoms with E-state index in [1.165, 1.54) is 64.6 Å². The second-order valence-electron chi connectivity index (χ2n) is 8.53. The fourth-order valence-corrected chi connectivity index (χ4v) is 4.93. The molecule has 0 spiro atoms. The van der Waals surface area contributed by atoms with Crippen LogP contribution in [0.4, 0.5) is 0 Å². The van der Waals surface area contributed by atoms with Gasteiger partial charge in [0.15, 0.2) is 0 Å². The smallest absolute Gasteiger partial charge is 0.0795 e. The van der Waals surface area contributed by atoms with Crippen LogP contribution >= 0.6 is 0 Å². The van der Waals surface area contributed by atoms with Crippen molar-refractivity contribution >= 4 is 21.8 Å². The van der Waals surface area contributed by atoms with Crippen molar-refractivity contribution in [2.24, 2.45) is 0 Å². The molecule has 30 heavy (non-hydrogen) atoms. The summed E-state index contributed by atoms with van der Waals surface area (Å²) in [5, 5.41) is 5.78. The number of hydrogen-bond acceptors (Lipinski definition) is 3. The van der Waals surface area contributed by atoms with Gasteiger partial charge < -0.3 is 15.2 Å². The van der Waals surface area contributed by atoms with Crippen LogP contribution in [-0.4, -0.2) is 48.1 Å². The first-order chi connectivity index (χ1) is 14.7. The van der Waals surface area contributed by atoms with Gasteiger partial charge in [0.1, 0.15) is 0 Å². The monoisotopic (exact) mass is 398 g/mol. The average Bonchev–Trinajstić information content (AvgIpc) is 3.13. The number of benzene rings is 2. The van der Waals surface area contributed by atoms with Crippen molar-refractivity contribution in [2.75, 3.05) is 33.2 Å². The summed E-state index contributed by atoms with van der Waals surface area (Å²) in [5.41, 5.74) is 7.45. The fourth-order valence-electron chi connectivity index (χ4n) is 4.93. The second kappa shape index (κ2) is 8.21. The van der Waals surface area contributed by atoms with Gasteiger partial charge >= 0.3 is 0 Å². The Hall–Kier alpha value is -2.69. The van der Waals surface area contributed by atoms with Crippen LogP contribution < -0.4 is 5.32 Å². The van der Waals surface area contributed by atoms with Crippen LogP contribution in [0.25, 0.3) is 33.1 Å². The molecule has 1 aliphatic heterocycles. The summed E-state index contributed by atoms with van der Waals surface area (Å²) >= 11 is 0. The number of aromatic amines is 1. The van der Waals surface area contributed by atoms with Crippen molar-refractivity contribution in [2.45, 2.75) is 25.7 Å². The molecule has 0 atom stereocenters. The van der Waals surface area contributed by atoms with Gasteiger partial charge in [0.25, 0.3) is 0 Å². The summed E-state index contributed by atoms with van der Waals surface area (Å²) in [7, 11) is 2.03. The quantitative estimate of drug-likeness (QED) is 0.492. The zero-order valence-corrected chi connectivity index (χ0v) is 17.9. The number of nitrogens with one attached hydrogen (secondary N) is 2. The molecule has 0 saturated carbocycles. The zero-order chi connectivity index (χ0) is 20.5. The van der Waals surface area contributed by atoms with E-state index in [1.807, 2.05) is 19.3 Å². The number of H-pyrrole nitrogens is 1. The number of aromatic nitrogens is 2. The minimum absolute atomic E-state index is 0.664. The SMILES string of the molecule is CNCCN1CCC(c2ccc3[nH]c(-c4cccc5cccnc45)c(C)c3c2)CC1. The third kappa shape index (κ3) is 3.51. The number of hydrogen-bond donors (Lipinski definition) is 2. The molecule has 0 aliphatic carbocycles. The highest BCUT2D eigenvalue weighted by molar-refractivity contribution is 5.98. The summed E-state index contributed by atoms with van der Waals surface area (Å²) in [6.07, 6.45) is 4.38. The number of aryl methyl sites for hydroxylation is 1. The zero-order valence-electron chi connectivity index (χ0n) is 17.9. The van der Waals surface area contributed by atoms with E-state index in [1.54, 1.807) is 0 Å². The predicted molar refractivity (Wildman–Crippen MR) is 126 cm³/mol. The van der Waals surface area contributed by atoms with Crippen molar-refractivity contribution in [1.82, 2.24) is 20.2 Å². The van der Waals surface area contributed by atoms with E-state index in [4.69, 9.17) is 0 Å². The lowest BCUT2D eigenvalue weighted by molar-refractivity contribution is 0.214. The minimum atomic E-state index is 0.664. The summed E-state index contributed by atoms with van der Waals surface area (Å²) < 4.78 is 0. The molecule has 3 heterocycles. The first-order valence-corrected chi connectivity index (χ1v) is 11.1. The Bertz CT molecular complexity index is 1160. The highest BCUT2D eigenvalue weighted by Crippen LogP contribution is 2.36. The summed E-state index contributed by atoms with van der Waals surface area (Å²) in [6.45, 7) is 6.86. The van der Waals surface area contributed by atoms with Gasteiger partial charge in [0, 0.05) is 41.1 Å². The largest absolute Gasteiger partial charge is 0.354 e. The Balaban J connectivity index is 1.46. The van der Waals surface area contributed by atoms with Crippen molar-refractivity contribution < 1.29 is 0 Å². The van der Waals surface area contributed by atoms with E-state index in [-0.39, 0.29) is 0 Å². The number of likely N-dealkylation sites (tertiary alicyclic amines) is 1. The summed E-state index contributed by atoms with van der Waals surface area (Å²) in [6, 6.07) is 17.6. The number of nitrogens with zero attached hydrogens (tertiary/aromatic N) is 2. The molecule has 154 valence electrons. The molecule has 0 bridgehead atoms. The van der Waals surface area contributed by atoms with Gasteiger partial charge in [-0.3, -0.25) is 4.98 Å². The van der Waals surface area contributed by atoms with Gasteiger partial charge in [0.2, 0.25) is 0 Å². The Morgan fingerprint density at radius 3 is 2.77 bits per heavy atom. The van der Waals surface area contributed by atoms with Crippen LogP contribution in [-0.2, 0) is 0 Å². The lowest BCUT2D eigenvalue weighted by atomic mass is 9.88. The molecule has 4 heteroatoms. The van der Waals surface area contributed by atoms with E-state index in [2.05, 4.69) is 69.6 Å². The number of likely N-dealkylation sites (N-methyl/N-ethyl adjacent to an activating group) is 1. The molecule has 0 radical (unpaired) electrons. The van der Waals surface area contributed by atoms with Gasteiger partial charge in [-0.05, 0) is 75.1 Å². The molecule has 2 aromatic carbocycles. The Kier molecular flexibility index (Phi) is 5.28. The number of para-hydroxylation sites is 1. The van der Waals surface area contributed by atoms with Gasteiger partial charge in [0.05, 0.1) is 11.2 Å². The summed E-state index contributed by atoms with van der Waals surface area (Å²) in [4.78, 5) is 10.9. The van der Waals surface area contributed by atoms with Crippen LogP contribution in [0.3, 0.4) is 0 Å². The molecule has 0 unspecified atom stereocenters. The molecular weight excluding hydrogens is 368 g/mol. The standard InChI is InChI=1S/C26H30N4/c1-18-23-17-21(19-10-14-30(15-11-19)16-13-27-2)8-9-24(23)29-25(18)22-7-3-5-20-6-4-12-28-26(20)22/h3-9,12,17,19,27,29H,10-11,13-16H2,1-2H3. The van der Waals surface area contributed by atoms with Gasteiger partial charge in [-0.15, -0.1) is 0 Å². The van der Waals surface area contributed by atoms with Gasteiger partial charge in [-0.25, -0.2) is 0 Å². The molecule has 1 fully saturated rings. The minimum Gasteiger partial charge on any atom is -0.354 e. The Morgan fingerprint density at radius 1 is 1.10 bits per heavy atom. The van der Waals surface area contributed by atoms with Crippen molar-refractivity contribution in [3.05, 3.63) is 65.9 Å². The fraction of sp³-hybridized carbons (Fsp3) is 0.346. The second-order valence-corrected chi connectivity index (χ2v) is 8.53.